The molecule has 0 saturated heterocycles. The number of rotatable bonds is 4. The first-order valence-electron chi connectivity index (χ1n) is 7.54. The van der Waals surface area contributed by atoms with Crippen LogP contribution in [0, 0.1) is 5.92 Å². The molecular formula is C16H21N3O2. The first kappa shape index (κ1) is 14.1. The minimum Gasteiger partial charge on any atom is -0.354 e. The smallest absolute Gasteiger partial charge is 0.244 e. The van der Waals surface area contributed by atoms with Crippen LogP contribution in [0.3, 0.4) is 0 Å². The highest BCUT2D eigenvalue weighted by Crippen LogP contribution is 2.27. The molecule has 1 fully saturated rings. The van der Waals surface area contributed by atoms with Gasteiger partial charge in [-0.15, -0.1) is 0 Å². The molecule has 5 nitrogen and oxygen atoms in total. The molecule has 5 heteroatoms. The van der Waals surface area contributed by atoms with Crippen LogP contribution in [0.5, 0.6) is 0 Å². The maximum absolute atomic E-state index is 12.5. The van der Waals surface area contributed by atoms with Crippen molar-refractivity contribution < 1.29 is 9.59 Å². The molecule has 3 rings (SSSR count). The summed E-state index contributed by atoms with van der Waals surface area (Å²) in [5.41, 5.74) is 1.88. The molecule has 1 heterocycles. The van der Waals surface area contributed by atoms with Gasteiger partial charge in [0.15, 0.2) is 0 Å². The molecule has 1 atom stereocenters. The summed E-state index contributed by atoms with van der Waals surface area (Å²) in [5.74, 6) is 0.502. The monoisotopic (exact) mass is 287 g/mol. The highest BCUT2D eigenvalue weighted by molar-refractivity contribution is 6.02. The first-order chi connectivity index (χ1) is 10.1. The molecule has 1 aromatic carbocycles. The fourth-order valence-corrected chi connectivity index (χ4v) is 2.57. The van der Waals surface area contributed by atoms with Gasteiger partial charge in [0.25, 0.3) is 0 Å². The summed E-state index contributed by atoms with van der Waals surface area (Å²) in [6, 6.07) is 7.46. The van der Waals surface area contributed by atoms with Crippen LogP contribution >= 0.6 is 0 Å². The van der Waals surface area contributed by atoms with Crippen LogP contribution in [0.15, 0.2) is 24.3 Å². The highest BCUT2D eigenvalue weighted by Gasteiger charge is 2.29. The van der Waals surface area contributed by atoms with Gasteiger partial charge in [0, 0.05) is 18.8 Å². The Morgan fingerprint density at radius 1 is 1.38 bits per heavy atom. The second-order valence-electron chi connectivity index (χ2n) is 5.90. The van der Waals surface area contributed by atoms with Gasteiger partial charge in [0.1, 0.15) is 6.54 Å². The molecular weight excluding hydrogens is 266 g/mol. The van der Waals surface area contributed by atoms with E-state index in [1.54, 1.807) is 4.90 Å². The fourth-order valence-electron chi connectivity index (χ4n) is 2.57. The van der Waals surface area contributed by atoms with Crippen molar-refractivity contribution in [3.63, 3.8) is 0 Å². The Kier molecular flexibility index (Phi) is 3.92. The van der Waals surface area contributed by atoms with Crippen molar-refractivity contribution in [1.82, 2.24) is 10.6 Å². The molecule has 1 aliphatic heterocycles. The normalized spacial score (nSPS) is 21.7. The molecule has 1 unspecified atom stereocenters. The van der Waals surface area contributed by atoms with Crippen molar-refractivity contribution in [2.75, 3.05) is 18.0 Å². The Balaban J connectivity index is 1.76. The minimum atomic E-state index is -0.284. The number of carbonyl (C=O) groups excluding carboxylic acids is 2. The number of nitrogens with zero attached hydrogens (tertiary/aromatic N) is 1. The number of hydrogen-bond donors (Lipinski definition) is 2. The lowest BCUT2D eigenvalue weighted by Gasteiger charge is -2.23. The quantitative estimate of drug-likeness (QED) is 0.870. The lowest BCUT2D eigenvalue weighted by Crippen LogP contribution is -2.47. The molecule has 2 N–H and O–H groups in total. The zero-order valence-electron chi connectivity index (χ0n) is 12.3. The zero-order chi connectivity index (χ0) is 14.8. The van der Waals surface area contributed by atoms with Gasteiger partial charge in [-0.25, -0.2) is 0 Å². The van der Waals surface area contributed by atoms with Gasteiger partial charge in [-0.05, 0) is 37.3 Å². The number of anilines is 1. The molecule has 0 radical (unpaired) electrons. The molecule has 2 aliphatic rings. The number of hydrogen-bond acceptors (Lipinski definition) is 3. The lowest BCUT2D eigenvalue weighted by molar-refractivity contribution is -0.124. The van der Waals surface area contributed by atoms with Crippen LogP contribution in [-0.2, 0) is 16.1 Å². The van der Waals surface area contributed by atoms with Gasteiger partial charge in [0.05, 0.1) is 6.04 Å². The number of para-hydroxylation sites is 1. The second-order valence-corrected chi connectivity index (χ2v) is 5.90. The second kappa shape index (κ2) is 5.85. The van der Waals surface area contributed by atoms with Gasteiger partial charge in [-0.2, -0.15) is 0 Å². The van der Waals surface area contributed by atoms with Crippen molar-refractivity contribution >= 4 is 17.5 Å². The Bertz CT molecular complexity index is 554. The summed E-state index contributed by atoms with van der Waals surface area (Å²) < 4.78 is 0. The van der Waals surface area contributed by atoms with Gasteiger partial charge >= 0.3 is 0 Å². The van der Waals surface area contributed by atoms with E-state index in [0.717, 1.165) is 17.8 Å². The van der Waals surface area contributed by atoms with Crippen LogP contribution in [-0.4, -0.2) is 30.9 Å². The van der Waals surface area contributed by atoms with E-state index in [1.165, 1.54) is 12.8 Å². The van der Waals surface area contributed by atoms with Gasteiger partial charge in [-0.1, -0.05) is 18.2 Å². The van der Waals surface area contributed by atoms with Crippen LogP contribution in [0.2, 0.25) is 0 Å². The molecule has 0 spiro atoms. The summed E-state index contributed by atoms with van der Waals surface area (Å²) in [7, 11) is 0. The van der Waals surface area contributed by atoms with Crippen molar-refractivity contribution in [1.29, 1.82) is 0 Å². The van der Waals surface area contributed by atoms with E-state index in [-0.39, 0.29) is 24.4 Å². The van der Waals surface area contributed by atoms with E-state index >= 15 is 0 Å². The van der Waals surface area contributed by atoms with Crippen molar-refractivity contribution in [3.8, 4) is 0 Å². The topological polar surface area (TPSA) is 61.4 Å². The van der Waals surface area contributed by atoms with E-state index in [9.17, 15) is 9.59 Å². The number of nitrogens with one attached hydrogen (secondary N) is 2. The molecule has 21 heavy (non-hydrogen) atoms. The standard InChI is InChI=1S/C16H21N3O2/c1-11-16(21)19(10-15(20)18-8-12-6-7-12)14-5-3-2-4-13(14)9-17-11/h2-5,11-12,17H,6-10H2,1H3,(H,18,20). The molecule has 1 aliphatic carbocycles. The van der Waals surface area contributed by atoms with Crippen molar-refractivity contribution in [2.24, 2.45) is 5.92 Å². The third-order valence-electron chi connectivity index (χ3n) is 4.10. The Morgan fingerprint density at radius 3 is 2.90 bits per heavy atom. The SMILES string of the molecule is CC1NCc2ccccc2N(CC(=O)NCC2CC2)C1=O. The van der Waals surface area contributed by atoms with Crippen LogP contribution in [0.25, 0.3) is 0 Å². The van der Waals surface area contributed by atoms with E-state index in [1.807, 2.05) is 31.2 Å². The van der Waals surface area contributed by atoms with Gasteiger partial charge in [-0.3, -0.25) is 9.59 Å². The first-order valence-corrected chi connectivity index (χ1v) is 7.54. The van der Waals surface area contributed by atoms with Crippen LogP contribution in [0.1, 0.15) is 25.3 Å². The largest absolute Gasteiger partial charge is 0.354 e. The van der Waals surface area contributed by atoms with Crippen LogP contribution < -0.4 is 15.5 Å². The van der Waals surface area contributed by atoms with Gasteiger partial charge < -0.3 is 15.5 Å². The molecule has 2 amide bonds. The minimum absolute atomic E-state index is 0.0541. The number of fused-ring (bicyclic) bond motifs is 1. The fraction of sp³-hybridized carbons (Fsp3) is 0.500. The summed E-state index contributed by atoms with van der Waals surface area (Å²) in [6.07, 6.45) is 2.40. The Labute approximate surface area is 124 Å². The van der Waals surface area contributed by atoms with Gasteiger partial charge in [0.2, 0.25) is 11.8 Å². The number of amides is 2. The lowest BCUT2D eigenvalue weighted by atomic mass is 10.1. The zero-order valence-corrected chi connectivity index (χ0v) is 12.3. The molecule has 0 aromatic heterocycles. The van der Waals surface area contributed by atoms with E-state index in [2.05, 4.69) is 10.6 Å². The molecule has 1 aromatic rings. The predicted molar refractivity (Wildman–Crippen MR) is 80.8 cm³/mol. The molecule has 0 bridgehead atoms. The van der Waals surface area contributed by atoms with E-state index < -0.39 is 0 Å². The summed E-state index contributed by atoms with van der Waals surface area (Å²) >= 11 is 0. The Hall–Kier alpha value is -1.88. The van der Waals surface area contributed by atoms with Crippen molar-refractivity contribution in [3.05, 3.63) is 29.8 Å². The summed E-state index contributed by atoms with van der Waals surface area (Å²) in [6.45, 7) is 3.30. The predicted octanol–water partition coefficient (Wildman–Crippen LogP) is 1.04. The third kappa shape index (κ3) is 3.24. The van der Waals surface area contributed by atoms with E-state index in [0.29, 0.717) is 12.5 Å². The third-order valence-corrected chi connectivity index (χ3v) is 4.10. The maximum Gasteiger partial charge on any atom is 0.244 e. The number of carbonyl (C=O) groups is 2. The average molecular weight is 287 g/mol. The molecule has 1 saturated carbocycles. The summed E-state index contributed by atoms with van der Waals surface area (Å²) in [4.78, 5) is 26.2. The van der Waals surface area contributed by atoms with E-state index in [4.69, 9.17) is 0 Å². The summed E-state index contributed by atoms with van der Waals surface area (Å²) in [5, 5.41) is 6.12. The van der Waals surface area contributed by atoms with Crippen molar-refractivity contribution in [2.45, 2.75) is 32.4 Å². The maximum atomic E-state index is 12.5. The molecule has 112 valence electrons. The van der Waals surface area contributed by atoms with Crippen LogP contribution in [0.4, 0.5) is 5.69 Å². The number of benzene rings is 1. The highest BCUT2D eigenvalue weighted by atomic mass is 16.2. The Morgan fingerprint density at radius 2 is 2.14 bits per heavy atom. The average Bonchev–Trinajstić information content (AvgIpc) is 3.32.